The van der Waals surface area contributed by atoms with E-state index in [0.717, 1.165) is 4.21 Å². The molecule has 0 aliphatic carbocycles. The van der Waals surface area contributed by atoms with E-state index in [0.29, 0.717) is 28.1 Å². The second-order valence-corrected chi connectivity index (χ2v) is 7.85. The van der Waals surface area contributed by atoms with Gasteiger partial charge in [0, 0.05) is 0 Å². The largest absolute Gasteiger partial charge is 0.493 e. The number of rotatable bonds is 8. The molecular formula is C20H19N3O4S2. The Labute approximate surface area is 176 Å². The summed E-state index contributed by atoms with van der Waals surface area (Å²) in [6.45, 7) is 0. The summed E-state index contributed by atoms with van der Waals surface area (Å²) in [6.07, 6.45) is 3.27. The van der Waals surface area contributed by atoms with Crippen molar-refractivity contribution in [3.8, 4) is 17.2 Å². The molecule has 0 bridgehead atoms. The molecule has 3 aromatic rings. The molecule has 2 amide bonds. The van der Waals surface area contributed by atoms with Crippen molar-refractivity contribution in [2.45, 2.75) is 10.6 Å². The lowest BCUT2D eigenvalue weighted by Crippen LogP contribution is -2.21. The van der Waals surface area contributed by atoms with Crippen molar-refractivity contribution < 1.29 is 19.1 Å². The summed E-state index contributed by atoms with van der Waals surface area (Å²) in [4.78, 5) is 28.5. The second kappa shape index (κ2) is 9.94. The normalized spacial score (nSPS) is 10.3. The highest BCUT2D eigenvalue weighted by Crippen LogP contribution is 2.34. The number of hydrogen-bond donors (Lipinski definition) is 2. The molecule has 0 radical (unpaired) electrons. The van der Waals surface area contributed by atoms with E-state index in [2.05, 4.69) is 15.6 Å². The standard InChI is InChI=1S/C20H19N3O4S2/c1-26-15-9-5-6-10-16(15)27-14-8-4-3-7-13(14)22-17(24)11-18(25)23-20-21-12-19(28-2)29-20/h3-10,12H,11H2,1-2H3,(H,22,24)(H,21,23,25). The highest BCUT2D eigenvalue weighted by molar-refractivity contribution is 8.00. The van der Waals surface area contributed by atoms with Crippen LogP contribution in [0.15, 0.2) is 58.9 Å². The maximum absolute atomic E-state index is 12.3. The monoisotopic (exact) mass is 429 g/mol. The van der Waals surface area contributed by atoms with Gasteiger partial charge in [0.15, 0.2) is 22.4 Å². The highest BCUT2D eigenvalue weighted by Gasteiger charge is 2.15. The number of nitrogens with zero attached hydrogens (tertiary/aromatic N) is 1. The molecule has 0 unspecified atom stereocenters. The number of hydrogen-bond acceptors (Lipinski definition) is 7. The minimum atomic E-state index is -0.458. The molecule has 0 atom stereocenters. The van der Waals surface area contributed by atoms with Crippen molar-refractivity contribution >= 4 is 45.7 Å². The van der Waals surface area contributed by atoms with E-state index in [1.807, 2.05) is 18.4 Å². The zero-order valence-corrected chi connectivity index (χ0v) is 17.4. The van der Waals surface area contributed by atoms with Gasteiger partial charge < -0.3 is 20.1 Å². The molecule has 2 N–H and O–H groups in total. The van der Waals surface area contributed by atoms with Crippen LogP contribution in [0.25, 0.3) is 0 Å². The molecule has 150 valence electrons. The quantitative estimate of drug-likeness (QED) is 0.401. The van der Waals surface area contributed by atoms with Crippen LogP contribution in [-0.2, 0) is 9.59 Å². The van der Waals surface area contributed by atoms with E-state index in [4.69, 9.17) is 9.47 Å². The Morgan fingerprint density at radius 3 is 2.34 bits per heavy atom. The molecule has 7 nitrogen and oxygen atoms in total. The Kier molecular flexibility index (Phi) is 7.09. The summed E-state index contributed by atoms with van der Waals surface area (Å²) >= 11 is 2.90. The Hall–Kier alpha value is -3.04. The third-order valence-corrected chi connectivity index (χ3v) is 5.67. The smallest absolute Gasteiger partial charge is 0.235 e. The maximum Gasteiger partial charge on any atom is 0.235 e. The van der Waals surface area contributed by atoms with E-state index >= 15 is 0 Å². The van der Waals surface area contributed by atoms with Gasteiger partial charge in [0.1, 0.15) is 6.42 Å². The van der Waals surface area contributed by atoms with Gasteiger partial charge in [-0.05, 0) is 30.5 Å². The van der Waals surface area contributed by atoms with Crippen LogP contribution in [0.1, 0.15) is 6.42 Å². The van der Waals surface area contributed by atoms with Crippen LogP contribution in [-0.4, -0.2) is 30.2 Å². The topological polar surface area (TPSA) is 89.5 Å². The number of nitrogens with one attached hydrogen (secondary N) is 2. The summed E-state index contributed by atoms with van der Waals surface area (Å²) in [5.41, 5.74) is 0.454. The van der Waals surface area contributed by atoms with Gasteiger partial charge >= 0.3 is 0 Å². The van der Waals surface area contributed by atoms with Crippen LogP contribution >= 0.6 is 23.1 Å². The Balaban J connectivity index is 1.64. The Bertz CT molecular complexity index is 1010. The fourth-order valence-electron chi connectivity index (χ4n) is 2.40. The summed E-state index contributed by atoms with van der Waals surface area (Å²) in [5, 5.41) is 5.81. The van der Waals surface area contributed by atoms with Crippen LogP contribution in [0.3, 0.4) is 0 Å². The predicted molar refractivity (Wildman–Crippen MR) is 115 cm³/mol. The minimum Gasteiger partial charge on any atom is -0.493 e. The molecule has 0 saturated heterocycles. The number of benzene rings is 2. The molecule has 0 spiro atoms. The van der Waals surface area contributed by atoms with Gasteiger partial charge in [0.25, 0.3) is 0 Å². The molecule has 29 heavy (non-hydrogen) atoms. The lowest BCUT2D eigenvalue weighted by atomic mass is 10.2. The first kappa shape index (κ1) is 20.7. The number of ether oxygens (including phenoxy) is 2. The van der Waals surface area contributed by atoms with E-state index < -0.39 is 11.8 Å². The van der Waals surface area contributed by atoms with Crippen LogP contribution in [0, 0.1) is 0 Å². The first-order chi connectivity index (χ1) is 14.1. The summed E-state index contributed by atoms with van der Waals surface area (Å²) < 4.78 is 12.2. The van der Waals surface area contributed by atoms with Crippen molar-refractivity contribution in [1.82, 2.24) is 4.98 Å². The average molecular weight is 430 g/mol. The number of methoxy groups -OCH3 is 1. The number of carbonyl (C=O) groups is 2. The van der Waals surface area contributed by atoms with Gasteiger partial charge in [-0.2, -0.15) is 0 Å². The lowest BCUT2D eigenvalue weighted by Gasteiger charge is -2.14. The fraction of sp³-hybridized carbons (Fsp3) is 0.150. The van der Waals surface area contributed by atoms with E-state index in [1.165, 1.54) is 23.1 Å². The molecule has 3 rings (SSSR count). The molecule has 1 heterocycles. The average Bonchev–Trinajstić information content (AvgIpc) is 3.17. The van der Waals surface area contributed by atoms with Gasteiger partial charge in [-0.15, -0.1) is 11.8 Å². The fourth-order valence-corrected chi connectivity index (χ4v) is 3.69. The third kappa shape index (κ3) is 5.72. The molecule has 0 saturated carbocycles. The van der Waals surface area contributed by atoms with Crippen molar-refractivity contribution in [3.63, 3.8) is 0 Å². The van der Waals surface area contributed by atoms with Crippen molar-refractivity contribution in [2.75, 3.05) is 24.0 Å². The van der Waals surface area contributed by atoms with Crippen molar-refractivity contribution in [2.24, 2.45) is 0 Å². The SMILES string of the molecule is COc1ccccc1Oc1ccccc1NC(=O)CC(=O)Nc1ncc(SC)s1. The number of anilines is 2. The van der Waals surface area contributed by atoms with Gasteiger partial charge in [-0.3, -0.25) is 9.59 Å². The van der Waals surface area contributed by atoms with Crippen molar-refractivity contribution in [1.29, 1.82) is 0 Å². The number of carbonyl (C=O) groups excluding carboxylic acids is 2. The van der Waals surface area contributed by atoms with Gasteiger partial charge in [-0.1, -0.05) is 35.6 Å². The zero-order valence-electron chi connectivity index (χ0n) is 15.8. The van der Waals surface area contributed by atoms with E-state index in [-0.39, 0.29) is 6.42 Å². The molecule has 0 aliphatic heterocycles. The lowest BCUT2D eigenvalue weighted by molar-refractivity contribution is -0.123. The van der Waals surface area contributed by atoms with Crippen LogP contribution in [0.5, 0.6) is 17.2 Å². The molecular weight excluding hydrogens is 410 g/mol. The van der Waals surface area contributed by atoms with E-state index in [1.54, 1.807) is 49.7 Å². The summed E-state index contributed by atoms with van der Waals surface area (Å²) in [6, 6.07) is 14.2. The maximum atomic E-state index is 12.3. The molecule has 0 aliphatic rings. The number of para-hydroxylation sites is 4. The van der Waals surface area contributed by atoms with Crippen LogP contribution < -0.4 is 20.1 Å². The van der Waals surface area contributed by atoms with Gasteiger partial charge in [-0.25, -0.2) is 4.98 Å². The second-order valence-electron chi connectivity index (χ2n) is 5.71. The summed E-state index contributed by atoms with van der Waals surface area (Å²) in [7, 11) is 1.55. The number of aromatic nitrogens is 1. The molecule has 1 aromatic heterocycles. The minimum absolute atomic E-state index is 0.336. The molecule has 0 fully saturated rings. The first-order valence-electron chi connectivity index (χ1n) is 8.58. The zero-order chi connectivity index (χ0) is 20.6. The number of thioether (sulfide) groups is 1. The molecule has 2 aromatic carbocycles. The highest BCUT2D eigenvalue weighted by atomic mass is 32.2. The van der Waals surface area contributed by atoms with Crippen LogP contribution in [0.4, 0.5) is 10.8 Å². The number of thiazole rings is 1. The van der Waals surface area contributed by atoms with E-state index in [9.17, 15) is 9.59 Å². The third-order valence-electron chi connectivity index (χ3n) is 3.70. The Morgan fingerprint density at radius 2 is 1.66 bits per heavy atom. The Morgan fingerprint density at radius 1 is 1.00 bits per heavy atom. The first-order valence-corrected chi connectivity index (χ1v) is 10.6. The van der Waals surface area contributed by atoms with Crippen molar-refractivity contribution in [3.05, 3.63) is 54.7 Å². The summed E-state index contributed by atoms with van der Waals surface area (Å²) in [5.74, 6) is 0.632. The molecule has 9 heteroatoms. The van der Waals surface area contributed by atoms with Crippen LogP contribution in [0.2, 0.25) is 0 Å². The van der Waals surface area contributed by atoms with Gasteiger partial charge in [0.05, 0.1) is 23.2 Å². The predicted octanol–water partition coefficient (Wildman–Crippen LogP) is 4.63. The van der Waals surface area contributed by atoms with Gasteiger partial charge in [0.2, 0.25) is 11.8 Å². The number of amides is 2.